The Morgan fingerprint density at radius 2 is 2.07 bits per heavy atom. The minimum atomic E-state index is -0.813. The van der Waals surface area contributed by atoms with E-state index in [2.05, 4.69) is 24.2 Å². The van der Waals surface area contributed by atoms with Gasteiger partial charge in [-0.15, -0.1) is 0 Å². The summed E-state index contributed by atoms with van der Waals surface area (Å²) in [6.45, 7) is 7.42. The van der Waals surface area contributed by atoms with E-state index in [1.54, 1.807) is 6.26 Å². The van der Waals surface area contributed by atoms with Crippen LogP contribution in [-0.2, 0) is 10.8 Å². The lowest BCUT2D eigenvalue weighted by molar-refractivity contribution is 0.658. The van der Waals surface area contributed by atoms with Crippen LogP contribution < -0.4 is 11.1 Å². The molecule has 0 spiro atoms. The van der Waals surface area contributed by atoms with E-state index in [4.69, 9.17) is 5.73 Å². The average Bonchev–Trinajstić information content (AvgIpc) is 2.10. The summed E-state index contributed by atoms with van der Waals surface area (Å²) >= 11 is 0. The first kappa shape index (κ1) is 13.4. The van der Waals surface area contributed by atoms with Crippen LogP contribution in [0.5, 0.6) is 0 Å². The molecule has 0 saturated carbocycles. The van der Waals surface area contributed by atoms with Gasteiger partial charge in [0.05, 0.1) is 0 Å². The van der Waals surface area contributed by atoms with Crippen molar-refractivity contribution in [2.75, 3.05) is 19.3 Å². The highest BCUT2D eigenvalue weighted by molar-refractivity contribution is 7.84. The first-order valence-corrected chi connectivity index (χ1v) is 6.41. The molecule has 2 atom stereocenters. The summed E-state index contributed by atoms with van der Waals surface area (Å²) in [7, 11) is -0.813. The minimum Gasteiger partial charge on any atom is -0.370 e. The summed E-state index contributed by atoms with van der Waals surface area (Å²) in [4.78, 5) is 4.14. The molecule has 0 rings (SSSR count). The van der Waals surface area contributed by atoms with E-state index in [1.807, 2.05) is 6.92 Å². The summed E-state index contributed by atoms with van der Waals surface area (Å²) in [6, 6.07) is 0. The zero-order chi connectivity index (χ0) is 11.1. The molecule has 0 amide bonds. The molecule has 0 aliphatic heterocycles. The van der Waals surface area contributed by atoms with E-state index >= 15 is 0 Å². The Balaban J connectivity index is 3.78. The number of nitrogens with two attached hydrogens (primary N) is 1. The number of hydrogen-bond donors (Lipinski definition) is 2. The highest BCUT2D eigenvalue weighted by Crippen LogP contribution is 1.91. The second kappa shape index (κ2) is 6.81. The molecule has 0 aromatic rings. The van der Waals surface area contributed by atoms with Crippen molar-refractivity contribution in [1.82, 2.24) is 5.32 Å². The molecule has 14 heavy (non-hydrogen) atoms. The Morgan fingerprint density at radius 1 is 1.50 bits per heavy atom. The quantitative estimate of drug-likeness (QED) is 0.517. The predicted octanol–water partition coefficient (Wildman–Crippen LogP) is 0.314. The van der Waals surface area contributed by atoms with Gasteiger partial charge in [-0.2, -0.15) is 0 Å². The fraction of sp³-hybridized carbons (Fsp3) is 0.889. The number of rotatable bonds is 5. The van der Waals surface area contributed by atoms with Crippen molar-refractivity contribution in [3.05, 3.63) is 0 Å². The molecule has 0 bridgehead atoms. The lowest BCUT2D eigenvalue weighted by Crippen LogP contribution is -2.38. The Bertz CT molecular complexity index is 216. The summed E-state index contributed by atoms with van der Waals surface area (Å²) in [6.07, 6.45) is 1.69. The molecule has 5 heteroatoms. The van der Waals surface area contributed by atoms with E-state index in [0.717, 1.165) is 6.54 Å². The van der Waals surface area contributed by atoms with Gasteiger partial charge in [0.1, 0.15) is 0 Å². The first-order chi connectivity index (χ1) is 6.43. The van der Waals surface area contributed by atoms with E-state index in [-0.39, 0.29) is 5.25 Å². The molecule has 0 aromatic heterocycles. The largest absolute Gasteiger partial charge is 0.370 e. The molecule has 0 aromatic carbocycles. The maximum atomic E-state index is 11.0. The number of aliphatic imine (C=N–C) groups is 1. The number of guanidine groups is 1. The molecular formula is C9H21N3OS. The van der Waals surface area contributed by atoms with Crippen molar-refractivity contribution in [3.8, 4) is 0 Å². The molecule has 0 aliphatic rings. The van der Waals surface area contributed by atoms with Gasteiger partial charge < -0.3 is 11.1 Å². The fourth-order valence-corrected chi connectivity index (χ4v) is 1.02. The molecule has 3 N–H and O–H groups in total. The standard InChI is InChI=1S/C9H21N3OS/c1-7(2)5-11-9(10)12-6-8(3)14(4)13/h7-8H,5-6H2,1-4H3,(H3,10,11,12). The number of nitrogens with zero attached hydrogens (tertiary/aromatic N) is 1. The zero-order valence-electron chi connectivity index (χ0n) is 9.41. The second-order valence-corrected chi connectivity index (χ2v) is 5.61. The summed E-state index contributed by atoms with van der Waals surface area (Å²) < 4.78 is 11.0. The molecule has 0 aliphatic carbocycles. The summed E-state index contributed by atoms with van der Waals surface area (Å²) in [5.74, 6) is 0.948. The number of hydrogen-bond acceptors (Lipinski definition) is 2. The van der Waals surface area contributed by atoms with Crippen molar-refractivity contribution >= 4 is 16.8 Å². The lowest BCUT2D eigenvalue weighted by atomic mass is 10.2. The van der Waals surface area contributed by atoms with Crippen LogP contribution in [0.2, 0.25) is 0 Å². The minimum absolute atomic E-state index is 0.0998. The van der Waals surface area contributed by atoms with Gasteiger partial charge in [0.2, 0.25) is 0 Å². The topological polar surface area (TPSA) is 67.5 Å². The lowest BCUT2D eigenvalue weighted by Gasteiger charge is -2.10. The monoisotopic (exact) mass is 219 g/mol. The maximum Gasteiger partial charge on any atom is 0.188 e. The van der Waals surface area contributed by atoms with Crippen LogP contribution in [0.25, 0.3) is 0 Å². The third-order valence-electron chi connectivity index (χ3n) is 1.76. The van der Waals surface area contributed by atoms with Crippen LogP contribution in [0.3, 0.4) is 0 Å². The SMILES string of the molecule is CC(C)CN=C(N)NCC(C)S(C)=O. The highest BCUT2D eigenvalue weighted by Gasteiger charge is 2.05. The average molecular weight is 219 g/mol. The van der Waals surface area contributed by atoms with Gasteiger partial charge >= 0.3 is 0 Å². The molecular weight excluding hydrogens is 198 g/mol. The fourth-order valence-electron chi connectivity index (χ4n) is 0.702. The third-order valence-corrected chi connectivity index (χ3v) is 3.06. The maximum absolute atomic E-state index is 11.0. The van der Waals surface area contributed by atoms with Crippen LogP contribution in [0, 0.1) is 5.92 Å². The molecule has 4 nitrogen and oxygen atoms in total. The normalized spacial score (nSPS) is 16.8. The summed E-state index contributed by atoms with van der Waals surface area (Å²) in [5.41, 5.74) is 5.61. The van der Waals surface area contributed by atoms with Gasteiger partial charge in [-0.25, -0.2) is 0 Å². The smallest absolute Gasteiger partial charge is 0.188 e. The number of nitrogens with one attached hydrogen (secondary N) is 1. The zero-order valence-corrected chi connectivity index (χ0v) is 10.2. The van der Waals surface area contributed by atoms with Crippen molar-refractivity contribution in [1.29, 1.82) is 0 Å². The van der Waals surface area contributed by atoms with Crippen LogP contribution in [0.1, 0.15) is 20.8 Å². The molecule has 0 saturated heterocycles. The third kappa shape index (κ3) is 6.88. The van der Waals surface area contributed by atoms with Gasteiger partial charge in [0, 0.05) is 35.4 Å². The Hall–Kier alpha value is -0.580. The van der Waals surface area contributed by atoms with Crippen molar-refractivity contribution < 1.29 is 4.21 Å². The first-order valence-electron chi connectivity index (χ1n) is 4.79. The van der Waals surface area contributed by atoms with Crippen molar-refractivity contribution in [3.63, 3.8) is 0 Å². The Kier molecular flexibility index (Phi) is 6.53. The molecule has 0 heterocycles. The highest BCUT2D eigenvalue weighted by atomic mass is 32.2. The second-order valence-electron chi connectivity index (χ2n) is 3.81. The van der Waals surface area contributed by atoms with Crippen molar-refractivity contribution in [2.45, 2.75) is 26.0 Å². The van der Waals surface area contributed by atoms with Gasteiger partial charge in [-0.3, -0.25) is 9.20 Å². The van der Waals surface area contributed by atoms with Crippen molar-refractivity contribution in [2.24, 2.45) is 16.6 Å². The van der Waals surface area contributed by atoms with E-state index < -0.39 is 10.8 Å². The molecule has 2 unspecified atom stereocenters. The van der Waals surface area contributed by atoms with Crippen LogP contribution in [0.15, 0.2) is 4.99 Å². The summed E-state index contributed by atoms with van der Waals surface area (Å²) in [5, 5.41) is 3.05. The van der Waals surface area contributed by atoms with Gasteiger partial charge in [0.15, 0.2) is 5.96 Å². The van der Waals surface area contributed by atoms with Crippen LogP contribution in [0.4, 0.5) is 0 Å². The van der Waals surface area contributed by atoms with Gasteiger partial charge in [0.25, 0.3) is 0 Å². The van der Waals surface area contributed by atoms with E-state index in [9.17, 15) is 4.21 Å². The Morgan fingerprint density at radius 3 is 2.50 bits per heavy atom. The molecule has 84 valence electrons. The van der Waals surface area contributed by atoms with E-state index in [0.29, 0.717) is 18.4 Å². The van der Waals surface area contributed by atoms with E-state index in [1.165, 1.54) is 0 Å². The van der Waals surface area contributed by atoms with Gasteiger partial charge in [-0.05, 0) is 12.8 Å². The van der Waals surface area contributed by atoms with Crippen LogP contribution in [-0.4, -0.2) is 34.8 Å². The van der Waals surface area contributed by atoms with Gasteiger partial charge in [-0.1, -0.05) is 13.8 Å². The molecule has 0 radical (unpaired) electrons. The van der Waals surface area contributed by atoms with Crippen LogP contribution >= 0.6 is 0 Å². The molecule has 0 fully saturated rings. The Labute approximate surface area is 88.8 Å². The predicted molar refractivity (Wildman–Crippen MR) is 62.9 cm³/mol.